The molecule has 0 aliphatic carbocycles. The minimum absolute atomic E-state index is 0. The lowest BCUT2D eigenvalue weighted by Gasteiger charge is -2.59. The third-order valence-electron chi connectivity index (χ3n) is 21.8. The van der Waals surface area contributed by atoms with Crippen LogP contribution in [0.1, 0.15) is 90.2 Å². The topological polar surface area (TPSA) is 66.4 Å². The van der Waals surface area contributed by atoms with E-state index in [1.165, 1.54) is 68.8 Å². The summed E-state index contributed by atoms with van der Waals surface area (Å²) in [4.78, 5) is 14.6. The normalized spacial score (nSPS) is 30.3. The van der Waals surface area contributed by atoms with E-state index >= 15 is 0 Å². The van der Waals surface area contributed by atoms with Crippen LogP contribution in [-0.4, -0.2) is 106 Å². The highest BCUT2D eigenvalue weighted by Crippen LogP contribution is 2.53. The van der Waals surface area contributed by atoms with Crippen molar-refractivity contribution in [2.75, 3.05) is 59.1 Å². The summed E-state index contributed by atoms with van der Waals surface area (Å²) in [6, 6.07) is 41.1. The zero-order valence-corrected chi connectivity index (χ0v) is 51.4. The molecule has 9 aliphatic heterocycles. The second kappa shape index (κ2) is 25.2. The Hall–Kier alpha value is -6.21. The summed E-state index contributed by atoms with van der Waals surface area (Å²) in [5.74, 6) is 2.94. The number of ether oxygens (including phenoxy) is 3. The van der Waals surface area contributed by atoms with Crippen LogP contribution in [-0.2, 0) is 33.8 Å². The van der Waals surface area contributed by atoms with E-state index in [1.54, 1.807) is 0 Å². The molecule has 9 saturated heterocycles. The average molecular weight is 1200 g/mol. The fourth-order valence-electron chi connectivity index (χ4n) is 18.1. The van der Waals surface area contributed by atoms with Gasteiger partial charge in [-0.3, -0.25) is 15.0 Å². The molecular weight excluding hydrogens is 1110 g/mol. The molecule has 0 amide bonds. The number of aromatic nitrogens is 3. The molecule has 0 saturated carbocycles. The van der Waals surface area contributed by atoms with E-state index < -0.39 is 0 Å². The van der Waals surface area contributed by atoms with Gasteiger partial charge in [0.1, 0.15) is 56.1 Å². The van der Waals surface area contributed by atoms with Crippen molar-refractivity contribution in [1.82, 2.24) is 15.0 Å². The Morgan fingerprint density at radius 2 is 0.718 bits per heavy atom. The smallest absolute Gasteiger partial charge is 0.135 e. The predicted octanol–water partition coefficient (Wildman–Crippen LogP) is 11.9. The highest BCUT2D eigenvalue weighted by Gasteiger charge is 2.58. The largest absolute Gasteiger partial charge is 1.00 e. The molecule has 12 heterocycles. The summed E-state index contributed by atoms with van der Waals surface area (Å²) in [7, 11) is 0. The standard InChI is InChI=1S/C75H87N6O3.BrH/c1-7-37-82-73(64-25-31-76-67-22-16-13-19-61(64)67)70-43-58-28-34-79(70,49-55(58)10-4)46-52-40-53(47-80-35-29-59(56(11-5)50-80)44-71(80)74(83-38-8-2)65-26-32-77-68-23-17-14-20-62(65)68)42-54(41-52)48-81-36-30-60(57(12-6)51-81)45-72(81)75(84-39-9-3)66-27-33-78-69-24-18-15-21-63(66)69;/h7-27,31-33,40-42,55-60,70-75H,1-6,28-30,34-39,43-51H2;1H/q+3;/p-1/t55?,56?,57?,58?,59?,60?,70-,71-,72+,73-,74-,75-,79?,80?,81?;/m1./s1. The molecular formula is C75H87BrN6O3+2. The zero-order chi connectivity index (χ0) is 57.4. The highest BCUT2D eigenvalue weighted by molar-refractivity contribution is 5.84. The quantitative estimate of drug-likeness (QED) is 0.0444. The van der Waals surface area contributed by atoms with Crippen LogP contribution < -0.4 is 17.0 Å². The Morgan fingerprint density at radius 1 is 0.424 bits per heavy atom. The number of para-hydroxylation sites is 3. The lowest BCUT2D eigenvalue weighted by Crippen LogP contribution is -3.00. The monoisotopic (exact) mass is 1200 g/mol. The van der Waals surface area contributed by atoms with E-state index in [4.69, 9.17) is 29.2 Å². The Balaban J connectivity index is 0.00000709. The fraction of sp³-hybridized carbons (Fsp3) is 0.400. The van der Waals surface area contributed by atoms with E-state index in [0.717, 1.165) is 108 Å². The first-order chi connectivity index (χ1) is 41.2. The van der Waals surface area contributed by atoms with Crippen LogP contribution in [0, 0.1) is 35.5 Å². The average Bonchev–Trinajstić information content (AvgIpc) is 2.16. The molecule has 6 bridgehead atoms. The SMILES string of the molecule is C=CCO[C@H](c1ccnc2ccccc12)[C@H]1CC2CC[N+]1(Cc1cc(C[N+]34CCC(C[C@@H]3[C@H](OCC=C)c3ccnc5ccccc35)C(C=C)C4)cc(C[N+]34CCC(C[C@H]3[C@H](OCC=C)c3ccnc5ccccc35)C(C=C)C4)c1)CC2C=C.[Br-]. The van der Waals surface area contributed by atoms with E-state index in [2.05, 4.69) is 167 Å². The maximum Gasteiger partial charge on any atom is 0.135 e. The number of hydrogen-bond acceptors (Lipinski definition) is 6. The van der Waals surface area contributed by atoms with Crippen LogP contribution in [0.2, 0.25) is 0 Å². The van der Waals surface area contributed by atoms with Gasteiger partial charge in [-0.2, -0.15) is 0 Å². The summed E-state index contributed by atoms with van der Waals surface area (Å²) < 4.78 is 24.3. The lowest BCUT2D eigenvalue weighted by atomic mass is 9.70. The van der Waals surface area contributed by atoms with Gasteiger partial charge in [0.2, 0.25) is 0 Å². The van der Waals surface area contributed by atoms with Gasteiger partial charge >= 0.3 is 0 Å². The summed E-state index contributed by atoms with van der Waals surface area (Å²) in [5.41, 5.74) is 11.0. The van der Waals surface area contributed by atoms with Gasteiger partial charge in [0.15, 0.2) is 0 Å². The van der Waals surface area contributed by atoms with Crippen LogP contribution >= 0.6 is 0 Å². The summed E-state index contributed by atoms with van der Waals surface area (Å²) >= 11 is 0. The molecule has 9 aliphatic rings. The molecule has 9 unspecified atom stereocenters. The molecule has 10 heteroatoms. The summed E-state index contributed by atoms with van der Waals surface area (Å²) in [5, 5.41) is 3.51. The van der Waals surface area contributed by atoms with Crippen LogP contribution in [0.4, 0.5) is 0 Å². The van der Waals surface area contributed by atoms with Gasteiger partial charge in [0, 0.05) is 108 Å². The van der Waals surface area contributed by atoms with Gasteiger partial charge in [-0.1, -0.05) is 91.1 Å². The van der Waals surface area contributed by atoms with E-state index in [0.29, 0.717) is 55.3 Å². The Morgan fingerprint density at radius 3 is 1.00 bits per heavy atom. The molecule has 0 spiro atoms. The first-order valence-electron chi connectivity index (χ1n) is 31.5. The number of piperidine rings is 9. The Kier molecular flexibility index (Phi) is 17.6. The van der Waals surface area contributed by atoms with E-state index in [9.17, 15) is 0 Å². The number of halogens is 1. The number of hydrogen-bond donors (Lipinski definition) is 0. The van der Waals surface area contributed by atoms with Gasteiger partial charge in [-0.15, -0.1) is 39.5 Å². The first-order valence-corrected chi connectivity index (χ1v) is 31.5. The van der Waals surface area contributed by atoms with Gasteiger partial charge in [0.25, 0.3) is 0 Å². The number of nitrogens with zero attached hydrogens (tertiary/aromatic N) is 6. The first kappa shape index (κ1) is 59.1. The van der Waals surface area contributed by atoms with Crippen LogP contribution in [0.15, 0.2) is 204 Å². The zero-order valence-electron chi connectivity index (χ0n) is 49.8. The van der Waals surface area contributed by atoms with E-state index in [-0.39, 0.29) is 53.4 Å². The van der Waals surface area contributed by atoms with Crippen molar-refractivity contribution in [3.63, 3.8) is 0 Å². The number of benzene rings is 4. The molecule has 9 nitrogen and oxygen atoms in total. The Bertz CT molecular complexity index is 3210. The summed E-state index contributed by atoms with van der Waals surface area (Å²) in [6.07, 6.45) is 24.9. The van der Waals surface area contributed by atoms with Crippen LogP contribution in [0.3, 0.4) is 0 Å². The number of pyridine rings is 3. The molecule has 85 heavy (non-hydrogen) atoms. The van der Waals surface area contributed by atoms with Crippen LogP contribution in [0.5, 0.6) is 0 Å². The van der Waals surface area contributed by atoms with Crippen LogP contribution in [0.25, 0.3) is 32.7 Å². The van der Waals surface area contributed by atoms with Crippen molar-refractivity contribution in [1.29, 1.82) is 0 Å². The molecule has 4 aromatic carbocycles. The predicted molar refractivity (Wildman–Crippen MR) is 340 cm³/mol. The molecule has 7 aromatic rings. The number of fused-ring (bicyclic) bond motifs is 12. The second-order valence-corrected chi connectivity index (χ2v) is 26.1. The number of rotatable bonds is 24. The van der Waals surface area contributed by atoms with Gasteiger partial charge < -0.3 is 44.6 Å². The minimum atomic E-state index is -0.144. The van der Waals surface area contributed by atoms with Gasteiger partial charge in [-0.05, 0) is 89.0 Å². The van der Waals surface area contributed by atoms with Crippen molar-refractivity contribution < 1.29 is 44.6 Å². The molecule has 0 N–H and O–H groups in total. The highest BCUT2D eigenvalue weighted by atomic mass is 79.9. The molecule has 9 fully saturated rings. The maximum absolute atomic E-state index is 7.16. The van der Waals surface area contributed by atoms with E-state index in [1.807, 2.05) is 36.8 Å². The van der Waals surface area contributed by atoms with Crippen molar-refractivity contribution in [3.8, 4) is 0 Å². The van der Waals surface area contributed by atoms with Crippen molar-refractivity contribution in [2.24, 2.45) is 35.5 Å². The maximum atomic E-state index is 7.16. The number of quaternary nitrogens is 3. The second-order valence-electron chi connectivity index (χ2n) is 26.1. The Labute approximate surface area is 515 Å². The fourth-order valence-corrected chi connectivity index (χ4v) is 18.1. The molecule has 16 rings (SSSR count). The van der Waals surface area contributed by atoms with Crippen molar-refractivity contribution in [2.45, 2.75) is 94.6 Å². The molecule has 0 radical (unpaired) electrons. The minimum Gasteiger partial charge on any atom is -1.00 e. The van der Waals surface area contributed by atoms with Crippen molar-refractivity contribution >= 4 is 32.7 Å². The summed E-state index contributed by atoms with van der Waals surface area (Å²) in [6.45, 7) is 36.7. The third kappa shape index (κ3) is 11.1. The van der Waals surface area contributed by atoms with Crippen molar-refractivity contribution in [3.05, 3.63) is 237 Å². The van der Waals surface area contributed by atoms with Gasteiger partial charge in [-0.25, -0.2) is 0 Å². The molecule has 3 aromatic heterocycles. The molecule has 15 atom stereocenters. The lowest BCUT2D eigenvalue weighted by molar-refractivity contribution is -0.986. The third-order valence-corrected chi connectivity index (χ3v) is 21.8. The molecule has 440 valence electrons. The van der Waals surface area contributed by atoms with Gasteiger partial charge in [0.05, 0.1) is 75.6 Å².